The normalized spacial score (nSPS) is 11.6. The van der Waals surface area contributed by atoms with Gasteiger partial charge in [0.15, 0.2) is 0 Å². The minimum Gasteiger partial charge on any atom is -0.290 e. The maximum Gasteiger partial charge on any atom is 0.265 e. The zero-order valence-electron chi connectivity index (χ0n) is 7.12. The zero-order valence-corrected chi connectivity index (χ0v) is 7.94. The summed E-state index contributed by atoms with van der Waals surface area (Å²) in [6, 6.07) is 2.11. The Hall–Kier alpha value is -1.05. The first kappa shape index (κ1) is 11.0. The topological polar surface area (TPSA) is 55.4 Å². The van der Waals surface area contributed by atoms with E-state index in [0.29, 0.717) is 6.07 Å². The second-order valence-corrected chi connectivity index (χ2v) is 3.98. The summed E-state index contributed by atoms with van der Waals surface area (Å²) < 4.78 is 47.9. The van der Waals surface area contributed by atoms with Gasteiger partial charge in [0.2, 0.25) is 0 Å². The van der Waals surface area contributed by atoms with E-state index in [4.69, 9.17) is 0 Å². The van der Waals surface area contributed by atoms with Crippen LogP contribution in [0.25, 0.3) is 0 Å². The fourth-order valence-electron chi connectivity index (χ4n) is 0.838. The molecule has 0 saturated heterocycles. The smallest absolute Gasteiger partial charge is 0.265 e. The van der Waals surface area contributed by atoms with Crippen LogP contribution in [0, 0.1) is 11.6 Å². The van der Waals surface area contributed by atoms with Crippen molar-refractivity contribution >= 4 is 10.0 Å². The Balaban J connectivity index is 3.25. The molecule has 7 heteroatoms. The summed E-state index contributed by atoms with van der Waals surface area (Å²) in [4.78, 5) is 4.91. The fraction of sp³-hybridized carbons (Fsp3) is 0.143. The van der Waals surface area contributed by atoms with Crippen LogP contribution in [0.2, 0.25) is 0 Å². The number of halogens is 2. The van der Waals surface area contributed by atoms with Crippen molar-refractivity contribution < 1.29 is 22.0 Å². The van der Waals surface area contributed by atoms with E-state index >= 15 is 0 Å². The number of hydrogen-bond donors (Lipinski definition) is 1. The molecule has 0 fully saturated rings. The first-order chi connectivity index (χ1) is 6.47. The van der Waals surface area contributed by atoms with E-state index in [9.17, 15) is 17.2 Å². The van der Waals surface area contributed by atoms with Gasteiger partial charge in [-0.2, -0.15) is 0 Å². The predicted molar refractivity (Wildman–Crippen MR) is 43.7 cm³/mol. The van der Waals surface area contributed by atoms with Gasteiger partial charge >= 0.3 is 0 Å². The zero-order chi connectivity index (χ0) is 10.8. The molecule has 0 spiro atoms. The maximum atomic E-state index is 12.9. The lowest BCUT2D eigenvalue weighted by Crippen LogP contribution is -2.23. The molecule has 1 rings (SSSR count). The molecule has 0 amide bonds. The van der Waals surface area contributed by atoms with E-state index < -0.39 is 26.6 Å². The summed E-state index contributed by atoms with van der Waals surface area (Å²) in [6.07, 6.45) is 0. The van der Waals surface area contributed by atoms with Crippen LogP contribution in [-0.2, 0) is 14.9 Å². The van der Waals surface area contributed by atoms with Crippen molar-refractivity contribution in [1.29, 1.82) is 0 Å². The number of rotatable bonds is 3. The van der Waals surface area contributed by atoms with Gasteiger partial charge in [-0.15, -0.1) is 0 Å². The van der Waals surface area contributed by atoms with Gasteiger partial charge in [-0.3, -0.25) is 4.84 Å². The third-order valence-corrected chi connectivity index (χ3v) is 2.65. The monoisotopic (exact) mass is 223 g/mol. The van der Waals surface area contributed by atoms with E-state index in [1.54, 1.807) is 4.89 Å². The molecule has 0 aliphatic heterocycles. The molecule has 0 radical (unpaired) electrons. The van der Waals surface area contributed by atoms with E-state index in [1.807, 2.05) is 0 Å². The predicted octanol–water partition coefficient (Wildman–Crippen LogP) is 0.804. The average Bonchev–Trinajstić information content (AvgIpc) is 2.09. The molecule has 0 unspecified atom stereocenters. The molecule has 78 valence electrons. The number of nitrogens with one attached hydrogen (secondary N) is 1. The molecule has 4 nitrogen and oxygen atoms in total. The molecule has 0 aliphatic rings. The van der Waals surface area contributed by atoms with E-state index in [0.717, 1.165) is 19.2 Å². The van der Waals surface area contributed by atoms with E-state index in [1.165, 1.54) is 0 Å². The third kappa shape index (κ3) is 2.25. The Morgan fingerprint density at radius 1 is 1.36 bits per heavy atom. The lowest BCUT2D eigenvalue weighted by atomic mass is 10.3. The molecule has 14 heavy (non-hydrogen) atoms. The van der Waals surface area contributed by atoms with Crippen molar-refractivity contribution in [2.24, 2.45) is 0 Å². The molecule has 0 bridgehead atoms. The SMILES string of the molecule is CONS(=O)(=O)c1cc(F)ccc1F. The van der Waals surface area contributed by atoms with Gasteiger partial charge in [0, 0.05) is 0 Å². The third-order valence-electron chi connectivity index (χ3n) is 1.38. The maximum absolute atomic E-state index is 12.9. The molecule has 0 aromatic heterocycles. The van der Waals surface area contributed by atoms with E-state index in [-0.39, 0.29) is 0 Å². The molecule has 0 heterocycles. The highest BCUT2D eigenvalue weighted by molar-refractivity contribution is 7.89. The van der Waals surface area contributed by atoms with Crippen LogP contribution in [0.5, 0.6) is 0 Å². The minimum absolute atomic E-state index is 0.566. The lowest BCUT2D eigenvalue weighted by Gasteiger charge is -2.04. The van der Waals surface area contributed by atoms with Gasteiger partial charge in [0.1, 0.15) is 16.5 Å². The van der Waals surface area contributed by atoms with Crippen LogP contribution >= 0.6 is 0 Å². The summed E-state index contributed by atoms with van der Waals surface area (Å²) in [5.74, 6) is -1.89. The molecule has 0 aliphatic carbocycles. The molecule has 0 atom stereocenters. The molecule has 1 aromatic rings. The first-order valence-corrected chi connectivity index (χ1v) is 4.95. The highest BCUT2D eigenvalue weighted by Gasteiger charge is 2.19. The van der Waals surface area contributed by atoms with Gasteiger partial charge in [-0.25, -0.2) is 17.2 Å². The van der Waals surface area contributed by atoms with Gasteiger partial charge in [-0.05, 0) is 18.2 Å². The first-order valence-electron chi connectivity index (χ1n) is 3.47. The quantitative estimate of drug-likeness (QED) is 0.771. The molecule has 1 aromatic carbocycles. The Bertz CT molecular complexity index is 433. The Kier molecular flexibility index (Phi) is 3.14. The molecule has 0 saturated carbocycles. The molecule has 1 N–H and O–H groups in total. The average molecular weight is 223 g/mol. The van der Waals surface area contributed by atoms with Crippen molar-refractivity contribution in [3.05, 3.63) is 29.8 Å². The van der Waals surface area contributed by atoms with Crippen molar-refractivity contribution in [2.45, 2.75) is 4.90 Å². The van der Waals surface area contributed by atoms with Crippen LogP contribution in [0.15, 0.2) is 23.1 Å². The Morgan fingerprint density at radius 3 is 2.57 bits per heavy atom. The number of benzene rings is 1. The van der Waals surface area contributed by atoms with Gasteiger partial charge in [0.05, 0.1) is 7.11 Å². The number of sulfonamides is 1. The summed E-state index contributed by atoms with van der Waals surface area (Å²) >= 11 is 0. The Morgan fingerprint density at radius 2 is 2.00 bits per heavy atom. The van der Waals surface area contributed by atoms with Gasteiger partial charge in [0.25, 0.3) is 10.0 Å². The van der Waals surface area contributed by atoms with Crippen LogP contribution in [-0.4, -0.2) is 15.5 Å². The second kappa shape index (κ2) is 3.99. The molecular weight excluding hydrogens is 216 g/mol. The summed E-state index contributed by atoms with van der Waals surface area (Å²) in [7, 11) is -3.10. The Labute approximate surface area is 79.5 Å². The van der Waals surface area contributed by atoms with Crippen molar-refractivity contribution in [3.63, 3.8) is 0 Å². The van der Waals surface area contributed by atoms with E-state index in [2.05, 4.69) is 4.84 Å². The van der Waals surface area contributed by atoms with Crippen molar-refractivity contribution in [2.75, 3.05) is 7.11 Å². The van der Waals surface area contributed by atoms with Crippen molar-refractivity contribution in [1.82, 2.24) is 4.89 Å². The second-order valence-electron chi connectivity index (χ2n) is 2.37. The highest BCUT2D eigenvalue weighted by atomic mass is 32.2. The summed E-state index contributed by atoms with van der Waals surface area (Å²) in [6.45, 7) is 0. The summed E-state index contributed by atoms with van der Waals surface area (Å²) in [5, 5.41) is 0. The minimum atomic E-state index is -4.15. The number of hydrogen-bond acceptors (Lipinski definition) is 3. The van der Waals surface area contributed by atoms with Gasteiger partial charge in [-0.1, -0.05) is 4.89 Å². The van der Waals surface area contributed by atoms with Crippen LogP contribution < -0.4 is 4.89 Å². The van der Waals surface area contributed by atoms with Gasteiger partial charge < -0.3 is 0 Å². The van der Waals surface area contributed by atoms with Crippen molar-refractivity contribution in [3.8, 4) is 0 Å². The fourth-order valence-corrected chi connectivity index (χ4v) is 1.74. The lowest BCUT2D eigenvalue weighted by molar-refractivity contribution is 0.153. The largest absolute Gasteiger partial charge is 0.290 e. The van der Waals surface area contributed by atoms with Crippen LogP contribution in [0.1, 0.15) is 0 Å². The standard InChI is InChI=1S/C7H7F2NO3S/c1-13-10-14(11,12)7-4-5(8)2-3-6(7)9/h2-4,10H,1H3. The van der Waals surface area contributed by atoms with Crippen LogP contribution in [0.4, 0.5) is 8.78 Å². The summed E-state index contributed by atoms with van der Waals surface area (Å²) in [5.41, 5.74) is 0. The molecular formula is C7H7F2NO3S. The van der Waals surface area contributed by atoms with Crippen LogP contribution in [0.3, 0.4) is 0 Å². The highest BCUT2D eigenvalue weighted by Crippen LogP contribution is 2.15.